The second-order valence-corrected chi connectivity index (χ2v) is 5.63. The van der Waals surface area contributed by atoms with Gasteiger partial charge in [0.25, 0.3) is 5.91 Å². The van der Waals surface area contributed by atoms with Crippen molar-refractivity contribution in [3.05, 3.63) is 59.7 Å². The number of anilines is 1. The lowest BCUT2D eigenvalue weighted by atomic mass is 10.0. The van der Waals surface area contributed by atoms with Gasteiger partial charge in [-0.1, -0.05) is 24.3 Å². The van der Waals surface area contributed by atoms with Gasteiger partial charge in [-0.3, -0.25) is 4.79 Å². The fourth-order valence-corrected chi connectivity index (χ4v) is 2.90. The van der Waals surface area contributed by atoms with Crippen molar-refractivity contribution in [2.75, 3.05) is 5.32 Å². The molecule has 1 atom stereocenters. The van der Waals surface area contributed by atoms with Gasteiger partial charge >= 0.3 is 0 Å². The van der Waals surface area contributed by atoms with Gasteiger partial charge in [0.15, 0.2) is 0 Å². The van der Waals surface area contributed by atoms with Crippen molar-refractivity contribution in [1.29, 1.82) is 0 Å². The van der Waals surface area contributed by atoms with Crippen molar-refractivity contribution < 1.29 is 9.90 Å². The van der Waals surface area contributed by atoms with E-state index in [1.165, 1.54) is 0 Å². The zero-order valence-electron chi connectivity index (χ0n) is 11.5. The normalized spacial score (nSPS) is 20.9. The molecule has 2 aliphatic rings. The topological polar surface area (TPSA) is 52.6 Å². The number of phenolic OH excluding ortho intramolecular Hbond substituents is 1. The molecule has 106 valence electrons. The summed E-state index contributed by atoms with van der Waals surface area (Å²) in [7, 11) is 0. The average molecular weight is 280 g/mol. The van der Waals surface area contributed by atoms with Crippen LogP contribution in [-0.4, -0.2) is 22.0 Å². The summed E-state index contributed by atoms with van der Waals surface area (Å²) < 4.78 is 0. The van der Waals surface area contributed by atoms with Crippen LogP contribution in [0.4, 0.5) is 5.69 Å². The van der Waals surface area contributed by atoms with E-state index < -0.39 is 0 Å². The monoisotopic (exact) mass is 280 g/mol. The Kier molecular flexibility index (Phi) is 2.64. The first kappa shape index (κ1) is 12.3. The molecule has 2 N–H and O–H groups in total. The summed E-state index contributed by atoms with van der Waals surface area (Å²) in [6.07, 6.45) is 1.95. The standard InChI is InChI=1S/C17H16N2O2/c20-13-9-5-11(6-10-13)16-18-15-4-2-1-3-14(15)17(21)19(16)12-7-8-12/h1-6,9-10,12,16,18,20H,7-8H2. The highest BCUT2D eigenvalue weighted by Crippen LogP contribution is 2.40. The Labute approximate surface area is 123 Å². The maximum atomic E-state index is 12.8. The Hall–Kier alpha value is -2.49. The number of aromatic hydroxyl groups is 1. The van der Waals surface area contributed by atoms with E-state index in [2.05, 4.69) is 5.32 Å². The number of carbonyl (C=O) groups is 1. The van der Waals surface area contributed by atoms with Crippen LogP contribution in [0.3, 0.4) is 0 Å². The zero-order valence-corrected chi connectivity index (χ0v) is 11.5. The fourth-order valence-electron chi connectivity index (χ4n) is 2.90. The second-order valence-electron chi connectivity index (χ2n) is 5.63. The van der Waals surface area contributed by atoms with E-state index in [0.29, 0.717) is 6.04 Å². The molecule has 0 radical (unpaired) electrons. The van der Waals surface area contributed by atoms with E-state index in [4.69, 9.17) is 0 Å². The Balaban J connectivity index is 1.78. The van der Waals surface area contributed by atoms with Crippen molar-refractivity contribution in [2.45, 2.75) is 25.0 Å². The SMILES string of the molecule is O=C1c2ccccc2NC(c2ccc(O)cc2)N1C1CC1. The molecule has 2 aromatic carbocycles. The van der Waals surface area contributed by atoms with Crippen LogP contribution in [0.25, 0.3) is 0 Å². The van der Waals surface area contributed by atoms with Crippen LogP contribution >= 0.6 is 0 Å². The van der Waals surface area contributed by atoms with E-state index in [-0.39, 0.29) is 17.8 Å². The lowest BCUT2D eigenvalue weighted by Gasteiger charge is -2.38. The van der Waals surface area contributed by atoms with Crippen LogP contribution < -0.4 is 5.32 Å². The molecule has 1 saturated carbocycles. The van der Waals surface area contributed by atoms with Gasteiger partial charge in [0.05, 0.1) is 5.56 Å². The fraction of sp³-hybridized carbons (Fsp3) is 0.235. The highest BCUT2D eigenvalue weighted by molar-refractivity contribution is 6.02. The third kappa shape index (κ3) is 2.03. The number of fused-ring (bicyclic) bond motifs is 1. The van der Waals surface area contributed by atoms with Crippen molar-refractivity contribution in [3.63, 3.8) is 0 Å². The highest BCUT2D eigenvalue weighted by atomic mass is 16.3. The molecule has 0 aromatic heterocycles. The predicted molar refractivity (Wildman–Crippen MR) is 80.1 cm³/mol. The molecule has 21 heavy (non-hydrogen) atoms. The lowest BCUT2D eigenvalue weighted by Crippen LogP contribution is -2.44. The van der Waals surface area contributed by atoms with Crippen LogP contribution in [0, 0.1) is 0 Å². The maximum Gasteiger partial charge on any atom is 0.258 e. The van der Waals surface area contributed by atoms with Crippen LogP contribution in [0.2, 0.25) is 0 Å². The minimum atomic E-state index is -0.166. The molecule has 0 saturated heterocycles. The van der Waals surface area contributed by atoms with Crippen LogP contribution in [0.1, 0.15) is 34.9 Å². The number of benzene rings is 2. The van der Waals surface area contributed by atoms with Crippen molar-refractivity contribution in [3.8, 4) is 5.75 Å². The van der Waals surface area contributed by atoms with E-state index in [1.54, 1.807) is 12.1 Å². The van der Waals surface area contributed by atoms with Crippen molar-refractivity contribution in [2.24, 2.45) is 0 Å². The highest BCUT2D eigenvalue weighted by Gasteiger charge is 2.41. The summed E-state index contributed by atoms with van der Waals surface area (Å²) in [6, 6.07) is 15.0. The van der Waals surface area contributed by atoms with E-state index in [0.717, 1.165) is 29.7 Å². The Bertz CT molecular complexity index is 692. The molecule has 0 spiro atoms. The number of rotatable bonds is 2. The average Bonchev–Trinajstić information content (AvgIpc) is 3.32. The molecule has 4 heteroatoms. The smallest absolute Gasteiger partial charge is 0.258 e. The maximum absolute atomic E-state index is 12.8. The number of carbonyl (C=O) groups excluding carboxylic acids is 1. The molecular weight excluding hydrogens is 264 g/mol. The van der Waals surface area contributed by atoms with Crippen molar-refractivity contribution in [1.82, 2.24) is 4.90 Å². The molecular formula is C17H16N2O2. The predicted octanol–water partition coefficient (Wildman–Crippen LogP) is 3.12. The molecule has 1 amide bonds. The third-order valence-electron chi connectivity index (χ3n) is 4.11. The number of amides is 1. The van der Waals surface area contributed by atoms with Gasteiger partial charge in [0, 0.05) is 11.7 Å². The minimum absolute atomic E-state index is 0.0879. The summed E-state index contributed by atoms with van der Waals surface area (Å²) in [4.78, 5) is 14.7. The first-order valence-corrected chi connectivity index (χ1v) is 7.21. The van der Waals surface area contributed by atoms with E-state index in [1.807, 2.05) is 41.3 Å². The van der Waals surface area contributed by atoms with Gasteiger partial charge in [-0.25, -0.2) is 0 Å². The Morgan fingerprint density at radius 1 is 1.05 bits per heavy atom. The number of phenols is 1. The molecule has 4 nitrogen and oxygen atoms in total. The summed E-state index contributed by atoms with van der Waals surface area (Å²) in [5.74, 6) is 0.323. The van der Waals surface area contributed by atoms with Gasteiger partial charge in [-0.2, -0.15) is 0 Å². The number of hydrogen-bond acceptors (Lipinski definition) is 3. The summed E-state index contributed by atoms with van der Waals surface area (Å²) in [5, 5.41) is 12.9. The van der Waals surface area contributed by atoms with Gasteiger partial charge in [-0.05, 0) is 42.7 Å². The molecule has 1 fully saturated rings. The van der Waals surface area contributed by atoms with Gasteiger partial charge in [0.2, 0.25) is 0 Å². The summed E-state index contributed by atoms with van der Waals surface area (Å²) in [5.41, 5.74) is 2.60. The first-order chi connectivity index (χ1) is 10.2. The van der Waals surface area contributed by atoms with Gasteiger partial charge in [0.1, 0.15) is 11.9 Å². The number of nitrogens with one attached hydrogen (secondary N) is 1. The molecule has 1 aliphatic heterocycles. The van der Waals surface area contributed by atoms with Crippen LogP contribution in [0.5, 0.6) is 5.75 Å². The van der Waals surface area contributed by atoms with E-state index in [9.17, 15) is 9.90 Å². The molecule has 1 unspecified atom stereocenters. The summed E-state index contributed by atoms with van der Waals surface area (Å²) >= 11 is 0. The largest absolute Gasteiger partial charge is 0.508 e. The molecule has 1 aliphatic carbocycles. The van der Waals surface area contributed by atoms with Crippen molar-refractivity contribution >= 4 is 11.6 Å². The van der Waals surface area contributed by atoms with Gasteiger partial charge in [-0.15, -0.1) is 0 Å². The van der Waals surface area contributed by atoms with E-state index >= 15 is 0 Å². The Morgan fingerprint density at radius 3 is 2.48 bits per heavy atom. The molecule has 4 rings (SSSR count). The Morgan fingerprint density at radius 2 is 1.76 bits per heavy atom. The second kappa shape index (κ2) is 4.52. The first-order valence-electron chi connectivity index (χ1n) is 7.21. The number of hydrogen-bond donors (Lipinski definition) is 2. The zero-order chi connectivity index (χ0) is 14.4. The molecule has 1 heterocycles. The third-order valence-corrected chi connectivity index (χ3v) is 4.11. The summed E-state index contributed by atoms with van der Waals surface area (Å²) in [6.45, 7) is 0. The number of nitrogens with zero attached hydrogens (tertiary/aromatic N) is 1. The molecule has 0 bridgehead atoms. The van der Waals surface area contributed by atoms with Gasteiger partial charge < -0.3 is 15.3 Å². The lowest BCUT2D eigenvalue weighted by molar-refractivity contribution is 0.0666. The number of para-hydroxylation sites is 1. The minimum Gasteiger partial charge on any atom is -0.508 e. The van der Waals surface area contributed by atoms with Crippen LogP contribution in [0.15, 0.2) is 48.5 Å². The molecule has 2 aromatic rings. The quantitative estimate of drug-likeness (QED) is 0.888. The van der Waals surface area contributed by atoms with Crippen LogP contribution in [-0.2, 0) is 0 Å².